The van der Waals surface area contributed by atoms with Crippen LogP contribution in [0.5, 0.6) is 0 Å². The second-order valence-corrected chi connectivity index (χ2v) is 5.83. The minimum Gasteiger partial charge on any atom is -0.329 e. The van der Waals surface area contributed by atoms with E-state index in [1.54, 1.807) is 0 Å². The van der Waals surface area contributed by atoms with Gasteiger partial charge in [0.1, 0.15) is 0 Å². The van der Waals surface area contributed by atoms with Gasteiger partial charge in [0, 0.05) is 18.6 Å². The molecule has 0 atom stereocenters. The highest BCUT2D eigenvalue weighted by Gasteiger charge is 2.20. The summed E-state index contributed by atoms with van der Waals surface area (Å²) in [5.41, 5.74) is 7.30. The molecule has 0 unspecified atom stereocenters. The molecule has 2 rings (SSSR count). The fourth-order valence-corrected chi connectivity index (χ4v) is 2.26. The van der Waals surface area contributed by atoms with Crippen LogP contribution in [-0.2, 0) is 6.42 Å². The van der Waals surface area contributed by atoms with Crippen LogP contribution in [0.4, 0.5) is 0 Å². The number of fused-ring (bicyclic) bond motifs is 1. The van der Waals surface area contributed by atoms with E-state index in [-0.39, 0.29) is 5.54 Å². The smallest absolute Gasteiger partial charge is 0.0272 e. The monoisotopic (exact) mass is 256 g/mol. The van der Waals surface area contributed by atoms with E-state index in [4.69, 9.17) is 5.73 Å². The maximum absolute atomic E-state index is 5.83. The number of benzene rings is 2. The average Bonchev–Trinajstić information content (AvgIpc) is 2.44. The van der Waals surface area contributed by atoms with Gasteiger partial charge in [0.05, 0.1) is 0 Å². The first kappa shape index (κ1) is 14.0. The van der Waals surface area contributed by atoms with Crippen LogP contribution in [-0.4, -0.2) is 30.6 Å². The predicted molar refractivity (Wildman–Crippen MR) is 83.4 cm³/mol. The van der Waals surface area contributed by atoms with Crippen molar-refractivity contribution in [2.75, 3.05) is 20.1 Å². The van der Waals surface area contributed by atoms with E-state index in [2.05, 4.69) is 68.3 Å². The quantitative estimate of drug-likeness (QED) is 0.891. The van der Waals surface area contributed by atoms with Crippen molar-refractivity contribution >= 4 is 10.8 Å². The summed E-state index contributed by atoms with van der Waals surface area (Å²) in [5.74, 6) is 0. The summed E-state index contributed by atoms with van der Waals surface area (Å²) in [6.45, 7) is 6.09. The van der Waals surface area contributed by atoms with Crippen LogP contribution in [0.2, 0.25) is 0 Å². The van der Waals surface area contributed by atoms with Crippen molar-refractivity contribution in [2.24, 2.45) is 5.73 Å². The van der Waals surface area contributed by atoms with E-state index < -0.39 is 0 Å². The fourth-order valence-electron chi connectivity index (χ4n) is 2.26. The Morgan fingerprint density at radius 1 is 1.05 bits per heavy atom. The lowest BCUT2D eigenvalue weighted by Gasteiger charge is -2.34. The lowest BCUT2D eigenvalue weighted by Crippen LogP contribution is -2.47. The minimum atomic E-state index is 0.0601. The Morgan fingerprint density at radius 3 is 2.47 bits per heavy atom. The molecule has 0 aliphatic carbocycles. The molecule has 0 spiro atoms. The largest absolute Gasteiger partial charge is 0.329 e. The summed E-state index contributed by atoms with van der Waals surface area (Å²) in [6.07, 6.45) is 1.06. The third-order valence-corrected chi connectivity index (χ3v) is 4.13. The molecule has 0 aromatic heterocycles. The Kier molecular flexibility index (Phi) is 4.23. The SMILES string of the molecule is CN(CCc1cccc2ccccc12)C(C)(C)CN. The van der Waals surface area contributed by atoms with Gasteiger partial charge in [-0.15, -0.1) is 0 Å². The first-order valence-electron chi connectivity index (χ1n) is 6.92. The van der Waals surface area contributed by atoms with E-state index in [0.29, 0.717) is 6.54 Å². The number of hydrogen-bond acceptors (Lipinski definition) is 2. The minimum absolute atomic E-state index is 0.0601. The summed E-state index contributed by atoms with van der Waals surface area (Å²) in [7, 11) is 2.15. The zero-order valence-corrected chi connectivity index (χ0v) is 12.2. The van der Waals surface area contributed by atoms with Gasteiger partial charge in [0.25, 0.3) is 0 Å². The predicted octanol–water partition coefficient (Wildman–Crippen LogP) is 3.05. The fraction of sp³-hybridized carbons (Fsp3) is 0.412. The van der Waals surface area contributed by atoms with Crippen molar-refractivity contribution < 1.29 is 0 Å². The Morgan fingerprint density at radius 2 is 1.74 bits per heavy atom. The Labute approximate surface area is 116 Å². The Bertz CT molecular complexity index is 540. The van der Waals surface area contributed by atoms with E-state index in [0.717, 1.165) is 13.0 Å². The molecule has 0 heterocycles. The molecule has 0 radical (unpaired) electrons. The zero-order valence-electron chi connectivity index (χ0n) is 12.2. The molecular weight excluding hydrogens is 232 g/mol. The number of likely N-dealkylation sites (N-methyl/N-ethyl adjacent to an activating group) is 1. The zero-order chi connectivity index (χ0) is 13.9. The second kappa shape index (κ2) is 5.72. The van der Waals surface area contributed by atoms with Gasteiger partial charge in [-0.05, 0) is 43.7 Å². The summed E-state index contributed by atoms with van der Waals surface area (Å²) in [6, 6.07) is 15.1. The maximum Gasteiger partial charge on any atom is 0.0272 e. The standard InChI is InChI=1S/C17H24N2/c1-17(2,13-18)19(3)12-11-15-9-6-8-14-7-4-5-10-16(14)15/h4-10H,11-13,18H2,1-3H3. The molecule has 0 aliphatic heterocycles. The molecule has 2 N–H and O–H groups in total. The average molecular weight is 256 g/mol. The van der Waals surface area contributed by atoms with Crippen molar-refractivity contribution in [2.45, 2.75) is 25.8 Å². The molecule has 2 aromatic rings. The van der Waals surface area contributed by atoms with Crippen LogP contribution >= 0.6 is 0 Å². The topological polar surface area (TPSA) is 29.3 Å². The van der Waals surface area contributed by atoms with Crippen molar-refractivity contribution in [3.05, 3.63) is 48.0 Å². The van der Waals surface area contributed by atoms with E-state index in [1.165, 1.54) is 16.3 Å². The van der Waals surface area contributed by atoms with Crippen molar-refractivity contribution in [3.8, 4) is 0 Å². The van der Waals surface area contributed by atoms with Crippen LogP contribution in [0.25, 0.3) is 10.8 Å². The molecule has 19 heavy (non-hydrogen) atoms. The molecule has 102 valence electrons. The number of nitrogens with two attached hydrogens (primary N) is 1. The first-order valence-corrected chi connectivity index (χ1v) is 6.92. The molecule has 0 aliphatic rings. The second-order valence-electron chi connectivity index (χ2n) is 5.83. The number of hydrogen-bond donors (Lipinski definition) is 1. The number of rotatable bonds is 5. The van der Waals surface area contributed by atoms with Crippen LogP contribution in [0, 0.1) is 0 Å². The summed E-state index contributed by atoms with van der Waals surface area (Å²) in [5, 5.41) is 2.68. The van der Waals surface area contributed by atoms with E-state index >= 15 is 0 Å². The lowest BCUT2D eigenvalue weighted by atomic mass is 10.00. The van der Waals surface area contributed by atoms with Crippen LogP contribution < -0.4 is 5.73 Å². The van der Waals surface area contributed by atoms with Crippen molar-refractivity contribution in [1.82, 2.24) is 4.90 Å². The van der Waals surface area contributed by atoms with Crippen molar-refractivity contribution in [1.29, 1.82) is 0 Å². The van der Waals surface area contributed by atoms with E-state index in [9.17, 15) is 0 Å². The van der Waals surface area contributed by atoms with Crippen molar-refractivity contribution in [3.63, 3.8) is 0 Å². The van der Waals surface area contributed by atoms with Crippen LogP contribution in [0.1, 0.15) is 19.4 Å². The molecule has 0 fully saturated rings. The molecule has 0 bridgehead atoms. The normalized spacial score (nSPS) is 12.3. The Hall–Kier alpha value is -1.38. The Balaban J connectivity index is 2.14. The van der Waals surface area contributed by atoms with Gasteiger partial charge in [0.15, 0.2) is 0 Å². The third kappa shape index (κ3) is 3.14. The summed E-state index contributed by atoms with van der Waals surface area (Å²) in [4.78, 5) is 2.34. The van der Waals surface area contributed by atoms with Gasteiger partial charge in [-0.2, -0.15) is 0 Å². The summed E-state index contributed by atoms with van der Waals surface area (Å²) < 4.78 is 0. The van der Waals surface area contributed by atoms with Gasteiger partial charge < -0.3 is 5.73 Å². The third-order valence-electron chi connectivity index (χ3n) is 4.13. The molecular formula is C17H24N2. The molecule has 2 nitrogen and oxygen atoms in total. The molecule has 0 saturated carbocycles. The maximum atomic E-state index is 5.83. The molecule has 0 amide bonds. The van der Waals surface area contributed by atoms with Crippen LogP contribution in [0.15, 0.2) is 42.5 Å². The molecule has 2 heteroatoms. The summed E-state index contributed by atoms with van der Waals surface area (Å²) >= 11 is 0. The first-order chi connectivity index (χ1) is 9.04. The highest BCUT2D eigenvalue weighted by molar-refractivity contribution is 5.85. The highest BCUT2D eigenvalue weighted by atomic mass is 15.2. The molecule has 0 saturated heterocycles. The van der Waals surface area contributed by atoms with Crippen LogP contribution in [0.3, 0.4) is 0 Å². The van der Waals surface area contributed by atoms with E-state index in [1.807, 2.05) is 0 Å². The lowest BCUT2D eigenvalue weighted by molar-refractivity contribution is 0.166. The van der Waals surface area contributed by atoms with Gasteiger partial charge in [-0.1, -0.05) is 42.5 Å². The number of nitrogens with zero attached hydrogens (tertiary/aromatic N) is 1. The van der Waals surface area contributed by atoms with Gasteiger partial charge in [-0.25, -0.2) is 0 Å². The van der Waals surface area contributed by atoms with Gasteiger partial charge in [-0.3, -0.25) is 4.90 Å². The van der Waals surface area contributed by atoms with Gasteiger partial charge >= 0.3 is 0 Å². The van der Waals surface area contributed by atoms with Gasteiger partial charge in [0.2, 0.25) is 0 Å². The molecule has 2 aromatic carbocycles. The highest BCUT2D eigenvalue weighted by Crippen LogP contribution is 2.20.